The summed E-state index contributed by atoms with van der Waals surface area (Å²) in [6, 6.07) is 3.56. The highest BCUT2D eigenvalue weighted by atomic mass is 19.1. The average molecular weight is 418 g/mol. The molecule has 0 aliphatic heterocycles. The number of rotatable bonds is 7. The molecule has 1 amide bonds. The summed E-state index contributed by atoms with van der Waals surface area (Å²) in [6.07, 6.45) is -0.328. The van der Waals surface area contributed by atoms with Crippen LogP contribution in [0.4, 0.5) is 10.1 Å². The van der Waals surface area contributed by atoms with Crippen molar-refractivity contribution in [3.8, 4) is 0 Å². The number of halogens is 1. The maximum absolute atomic E-state index is 14.1. The van der Waals surface area contributed by atoms with Crippen molar-refractivity contribution < 1.29 is 33.0 Å². The number of Topliss-reactive ketones (excluding diaryl/α,β-unsaturated/α-hetero) is 1. The van der Waals surface area contributed by atoms with E-state index in [1.54, 1.807) is 27.7 Å². The maximum atomic E-state index is 14.1. The van der Waals surface area contributed by atoms with E-state index in [9.17, 15) is 23.6 Å². The second-order valence-electron chi connectivity index (χ2n) is 6.95. The smallest absolute Gasteiger partial charge is 0.355 e. The molecule has 2 N–H and O–H groups in total. The number of amides is 1. The van der Waals surface area contributed by atoms with Crippen LogP contribution < -0.4 is 5.32 Å². The fraction of sp³-hybridized carbons (Fsp3) is 0.333. The Labute approximate surface area is 172 Å². The van der Waals surface area contributed by atoms with Gasteiger partial charge < -0.3 is 19.8 Å². The highest BCUT2D eigenvalue weighted by Gasteiger charge is 2.25. The van der Waals surface area contributed by atoms with Crippen LogP contribution in [-0.4, -0.2) is 41.3 Å². The lowest BCUT2D eigenvalue weighted by Crippen LogP contribution is -2.17. The molecule has 0 spiro atoms. The highest BCUT2D eigenvalue weighted by molar-refractivity contribution is 6.01. The molecule has 30 heavy (non-hydrogen) atoms. The standard InChI is InChI=1S/C21H23FN2O6/c1-10(2)30-20(27)18-11(3)19(23-12(18)4)21(28)29-9-17(26)15-7-6-14(8-16(15)22)24-13(5)25/h6-8,10,23H,9H2,1-5H3,(H,24,25). The van der Waals surface area contributed by atoms with E-state index in [4.69, 9.17) is 9.47 Å². The van der Waals surface area contributed by atoms with Gasteiger partial charge in [-0.1, -0.05) is 0 Å². The SMILES string of the molecule is CC(=O)Nc1ccc(C(=O)COC(=O)c2[nH]c(C)c(C(=O)OC(C)C)c2C)c(F)c1. The van der Waals surface area contributed by atoms with Crippen LogP contribution in [0.2, 0.25) is 0 Å². The molecule has 1 heterocycles. The number of anilines is 1. The van der Waals surface area contributed by atoms with Gasteiger partial charge in [0.2, 0.25) is 11.7 Å². The molecule has 0 atom stereocenters. The van der Waals surface area contributed by atoms with Crippen LogP contribution in [0, 0.1) is 19.7 Å². The zero-order valence-corrected chi connectivity index (χ0v) is 17.3. The van der Waals surface area contributed by atoms with Gasteiger partial charge in [0.05, 0.1) is 17.2 Å². The molecule has 0 aliphatic carbocycles. The number of H-pyrrole nitrogens is 1. The van der Waals surface area contributed by atoms with Gasteiger partial charge in [-0.15, -0.1) is 0 Å². The summed E-state index contributed by atoms with van der Waals surface area (Å²) in [4.78, 5) is 50.6. The van der Waals surface area contributed by atoms with Crippen LogP contribution >= 0.6 is 0 Å². The maximum Gasteiger partial charge on any atom is 0.355 e. The van der Waals surface area contributed by atoms with Gasteiger partial charge in [0, 0.05) is 18.3 Å². The van der Waals surface area contributed by atoms with Crippen molar-refractivity contribution in [2.24, 2.45) is 0 Å². The van der Waals surface area contributed by atoms with Crippen LogP contribution in [0.3, 0.4) is 0 Å². The van der Waals surface area contributed by atoms with Gasteiger partial charge in [-0.05, 0) is 51.5 Å². The van der Waals surface area contributed by atoms with E-state index in [2.05, 4.69) is 10.3 Å². The van der Waals surface area contributed by atoms with Crippen LogP contribution in [-0.2, 0) is 14.3 Å². The summed E-state index contributed by atoms with van der Waals surface area (Å²) < 4.78 is 24.3. The van der Waals surface area contributed by atoms with Crippen molar-refractivity contribution in [1.82, 2.24) is 4.98 Å². The third kappa shape index (κ3) is 5.31. The number of benzene rings is 1. The van der Waals surface area contributed by atoms with Crippen LogP contribution in [0.5, 0.6) is 0 Å². The number of aromatic nitrogens is 1. The lowest BCUT2D eigenvalue weighted by atomic mass is 10.1. The molecule has 9 heteroatoms. The van der Waals surface area contributed by atoms with E-state index < -0.39 is 30.1 Å². The zero-order chi connectivity index (χ0) is 22.6. The number of carbonyl (C=O) groups is 4. The Hall–Kier alpha value is -3.49. The first-order valence-corrected chi connectivity index (χ1v) is 9.18. The van der Waals surface area contributed by atoms with Gasteiger partial charge in [-0.2, -0.15) is 0 Å². The number of ketones is 1. The lowest BCUT2D eigenvalue weighted by Gasteiger charge is -2.08. The predicted octanol–water partition coefficient (Wildman–Crippen LogP) is 3.33. The molecule has 0 fully saturated rings. The van der Waals surface area contributed by atoms with Crippen molar-refractivity contribution in [2.75, 3.05) is 11.9 Å². The van der Waals surface area contributed by atoms with Gasteiger partial charge in [-0.3, -0.25) is 9.59 Å². The van der Waals surface area contributed by atoms with E-state index in [0.29, 0.717) is 11.3 Å². The molecule has 1 aromatic heterocycles. The number of esters is 2. The molecule has 0 saturated carbocycles. The minimum absolute atomic E-state index is 0.0116. The monoisotopic (exact) mass is 418 g/mol. The van der Waals surface area contributed by atoms with Gasteiger partial charge in [0.1, 0.15) is 11.5 Å². The lowest BCUT2D eigenvalue weighted by molar-refractivity contribution is -0.114. The van der Waals surface area contributed by atoms with Crippen molar-refractivity contribution in [1.29, 1.82) is 0 Å². The number of aryl methyl sites for hydroxylation is 1. The van der Waals surface area contributed by atoms with Crippen molar-refractivity contribution >= 4 is 29.3 Å². The largest absolute Gasteiger partial charge is 0.459 e. The molecule has 1 aromatic carbocycles. The second-order valence-corrected chi connectivity index (χ2v) is 6.95. The zero-order valence-electron chi connectivity index (χ0n) is 17.3. The number of ether oxygens (including phenoxy) is 2. The van der Waals surface area contributed by atoms with Gasteiger partial charge in [0.25, 0.3) is 0 Å². The first-order chi connectivity index (χ1) is 14.0. The summed E-state index contributed by atoms with van der Waals surface area (Å²) >= 11 is 0. The first kappa shape index (κ1) is 22.8. The van der Waals surface area contributed by atoms with Crippen molar-refractivity contribution in [3.05, 3.63) is 52.1 Å². The Balaban J connectivity index is 2.10. The minimum atomic E-state index is -0.858. The molecule has 0 aliphatic rings. The third-order valence-electron chi connectivity index (χ3n) is 4.11. The first-order valence-electron chi connectivity index (χ1n) is 9.18. The van der Waals surface area contributed by atoms with E-state index in [1.807, 2.05) is 0 Å². The highest BCUT2D eigenvalue weighted by Crippen LogP contribution is 2.21. The Morgan fingerprint density at radius 3 is 2.37 bits per heavy atom. The number of hydrogen-bond acceptors (Lipinski definition) is 6. The summed E-state index contributed by atoms with van der Waals surface area (Å²) in [5.74, 6) is -3.42. The Bertz CT molecular complexity index is 1010. The topological polar surface area (TPSA) is 115 Å². The molecule has 0 bridgehead atoms. The molecule has 2 rings (SSSR count). The van der Waals surface area contributed by atoms with Crippen LogP contribution in [0.25, 0.3) is 0 Å². The fourth-order valence-electron chi connectivity index (χ4n) is 2.84. The Morgan fingerprint density at radius 1 is 1.13 bits per heavy atom. The molecule has 8 nitrogen and oxygen atoms in total. The summed E-state index contributed by atoms with van der Waals surface area (Å²) in [5, 5.41) is 2.40. The Morgan fingerprint density at radius 2 is 1.80 bits per heavy atom. The quantitative estimate of drug-likeness (QED) is 0.527. The van der Waals surface area contributed by atoms with Gasteiger partial charge in [-0.25, -0.2) is 14.0 Å². The number of carbonyl (C=O) groups excluding carboxylic acids is 4. The van der Waals surface area contributed by atoms with E-state index in [1.165, 1.54) is 19.1 Å². The molecule has 2 aromatic rings. The normalized spacial score (nSPS) is 10.6. The van der Waals surface area contributed by atoms with E-state index in [0.717, 1.165) is 6.07 Å². The average Bonchev–Trinajstić information content (AvgIpc) is 2.92. The van der Waals surface area contributed by atoms with Crippen LogP contribution in [0.15, 0.2) is 18.2 Å². The summed E-state index contributed by atoms with van der Waals surface area (Å²) in [7, 11) is 0. The fourth-order valence-corrected chi connectivity index (χ4v) is 2.84. The van der Waals surface area contributed by atoms with E-state index in [-0.39, 0.29) is 34.5 Å². The predicted molar refractivity (Wildman–Crippen MR) is 106 cm³/mol. The molecule has 160 valence electrons. The van der Waals surface area contributed by atoms with Gasteiger partial charge in [0.15, 0.2) is 6.61 Å². The number of nitrogens with one attached hydrogen (secondary N) is 2. The minimum Gasteiger partial charge on any atom is -0.459 e. The van der Waals surface area contributed by atoms with Crippen LogP contribution in [0.1, 0.15) is 63.2 Å². The van der Waals surface area contributed by atoms with E-state index >= 15 is 0 Å². The second kappa shape index (κ2) is 9.34. The summed E-state index contributed by atoms with van der Waals surface area (Å²) in [5.41, 5.74) is 0.917. The van der Waals surface area contributed by atoms with Gasteiger partial charge >= 0.3 is 11.9 Å². The van der Waals surface area contributed by atoms with Crippen molar-refractivity contribution in [2.45, 2.75) is 40.7 Å². The number of hydrogen-bond donors (Lipinski definition) is 2. The number of aromatic amines is 1. The molecular weight excluding hydrogens is 395 g/mol. The molecule has 0 saturated heterocycles. The third-order valence-corrected chi connectivity index (χ3v) is 4.11. The Kier molecular flexibility index (Phi) is 7.10. The summed E-state index contributed by atoms with van der Waals surface area (Å²) in [6.45, 7) is 7.15. The van der Waals surface area contributed by atoms with Crippen molar-refractivity contribution in [3.63, 3.8) is 0 Å². The molecular formula is C21H23FN2O6. The molecule has 0 unspecified atom stereocenters. The molecule has 0 radical (unpaired) electrons.